The van der Waals surface area contributed by atoms with E-state index in [0.29, 0.717) is 54.8 Å². The zero-order valence-corrected chi connectivity index (χ0v) is 18.8. The number of carbonyl (C=O) groups excluding carboxylic acids is 3. The summed E-state index contributed by atoms with van der Waals surface area (Å²) in [6.07, 6.45) is 1.33. The van der Waals surface area contributed by atoms with Gasteiger partial charge in [0.05, 0.1) is 5.56 Å². The van der Waals surface area contributed by atoms with Crippen LogP contribution in [0.2, 0.25) is 10.0 Å². The number of phenols is 1. The summed E-state index contributed by atoms with van der Waals surface area (Å²) in [7, 11) is 0. The van der Waals surface area contributed by atoms with Crippen molar-refractivity contribution in [1.82, 2.24) is 14.7 Å². The lowest BCUT2D eigenvalue weighted by Crippen LogP contribution is -2.55. The van der Waals surface area contributed by atoms with Gasteiger partial charge in [0.25, 0.3) is 11.8 Å². The van der Waals surface area contributed by atoms with Crippen molar-refractivity contribution in [3.05, 3.63) is 63.6 Å². The molecule has 0 bridgehead atoms. The summed E-state index contributed by atoms with van der Waals surface area (Å²) >= 11 is 12.1. The molecule has 0 aliphatic carbocycles. The summed E-state index contributed by atoms with van der Waals surface area (Å²) in [5.74, 6) is -0.694. The summed E-state index contributed by atoms with van der Waals surface area (Å²) in [6.45, 7) is 1.97. The van der Waals surface area contributed by atoms with Gasteiger partial charge in [-0.2, -0.15) is 0 Å². The highest BCUT2D eigenvalue weighted by molar-refractivity contribution is 6.35. The fraction of sp³-hybridized carbons (Fsp3) is 0.348. The van der Waals surface area contributed by atoms with Crippen molar-refractivity contribution in [3.8, 4) is 5.75 Å². The molecule has 2 aliphatic rings. The zero-order valence-electron chi connectivity index (χ0n) is 17.3. The van der Waals surface area contributed by atoms with Crippen LogP contribution in [0.1, 0.15) is 33.6 Å². The minimum atomic E-state index is -0.541. The fourth-order valence-corrected chi connectivity index (χ4v) is 4.80. The molecule has 3 amide bonds. The van der Waals surface area contributed by atoms with E-state index in [-0.39, 0.29) is 29.0 Å². The van der Waals surface area contributed by atoms with Crippen molar-refractivity contribution in [2.75, 3.05) is 32.7 Å². The van der Waals surface area contributed by atoms with Crippen molar-refractivity contribution in [3.63, 3.8) is 0 Å². The van der Waals surface area contributed by atoms with Crippen molar-refractivity contribution in [2.24, 2.45) is 0 Å². The van der Waals surface area contributed by atoms with E-state index >= 15 is 0 Å². The Bertz CT molecular complexity index is 1030. The number of piperazine rings is 1. The number of halogens is 2. The van der Waals surface area contributed by atoms with Crippen LogP contribution in [-0.2, 0) is 4.79 Å². The lowest BCUT2D eigenvalue weighted by molar-refractivity contribution is -0.136. The van der Waals surface area contributed by atoms with E-state index in [2.05, 4.69) is 0 Å². The lowest BCUT2D eigenvalue weighted by Gasteiger charge is -2.37. The van der Waals surface area contributed by atoms with Crippen LogP contribution >= 0.6 is 23.2 Å². The molecule has 0 radical (unpaired) electrons. The van der Waals surface area contributed by atoms with Gasteiger partial charge in [0, 0.05) is 48.3 Å². The molecular weight excluding hydrogens is 453 g/mol. The maximum Gasteiger partial charge on any atom is 0.257 e. The Morgan fingerprint density at radius 3 is 2.12 bits per heavy atom. The van der Waals surface area contributed by atoms with E-state index in [0.717, 1.165) is 6.42 Å². The predicted octanol–water partition coefficient (Wildman–Crippen LogP) is 3.29. The van der Waals surface area contributed by atoms with Crippen LogP contribution in [0, 0.1) is 0 Å². The molecule has 2 saturated heterocycles. The number of benzene rings is 2. The largest absolute Gasteiger partial charge is 0.507 e. The number of nitrogens with zero attached hydrogens (tertiary/aromatic N) is 3. The van der Waals surface area contributed by atoms with Crippen LogP contribution in [0.5, 0.6) is 5.75 Å². The standard InChI is InChI=1S/C23H23Cl2N3O4/c24-16-12-15(13-17(25)14-16)21(30)28-7-3-5-19(28)23(32)27-10-8-26(9-11-27)22(31)18-4-1-2-6-20(18)29/h1-2,4,6,12-14,19,29H,3,5,7-11H2. The molecule has 32 heavy (non-hydrogen) atoms. The Balaban J connectivity index is 1.40. The molecule has 168 valence electrons. The second kappa shape index (κ2) is 9.38. The Morgan fingerprint density at radius 1 is 0.844 bits per heavy atom. The SMILES string of the molecule is O=C(c1ccccc1O)N1CCN(C(=O)C2CCCN2C(=O)c2cc(Cl)cc(Cl)c2)CC1. The molecular formula is C23H23Cl2N3O4. The van der Waals surface area contributed by atoms with Gasteiger partial charge in [0.15, 0.2) is 0 Å². The number of amides is 3. The van der Waals surface area contributed by atoms with Gasteiger partial charge in [0.2, 0.25) is 5.91 Å². The zero-order chi connectivity index (χ0) is 22.8. The van der Waals surface area contributed by atoms with Gasteiger partial charge in [-0.25, -0.2) is 0 Å². The molecule has 0 spiro atoms. The van der Waals surface area contributed by atoms with Crippen molar-refractivity contribution in [1.29, 1.82) is 0 Å². The van der Waals surface area contributed by atoms with Crippen molar-refractivity contribution in [2.45, 2.75) is 18.9 Å². The van der Waals surface area contributed by atoms with Gasteiger partial charge in [0.1, 0.15) is 11.8 Å². The summed E-state index contributed by atoms with van der Waals surface area (Å²) in [6, 6.07) is 10.5. The van der Waals surface area contributed by atoms with E-state index in [1.54, 1.807) is 51.1 Å². The van der Waals surface area contributed by atoms with Gasteiger partial charge in [-0.3, -0.25) is 14.4 Å². The molecule has 2 aromatic rings. The number of aromatic hydroxyl groups is 1. The number of likely N-dealkylation sites (tertiary alicyclic amines) is 1. The summed E-state index contributed by atoms with van der Waals surface area (Å²) < 4.78 is 0. The molecule has 2 fully saturated rings. The smallest absolute Gasteiger partial charge is 0.257 e. The van der Waals surface area contributed by atoms with E-state index in [1.807, 2.05) is 0 Å². The van der Waals surface area contributed by atoms with E-state index in [4.69, 9.17) is 23.2 Å². The first-order valence-corrected chi connectivity index (χ1v) is 11.2. The molecule has 0 saturated carbocycles. The highest BCUT2D eigenvalue weighted by Gasteiger charge is 2.38. The second-order valence-electron chi connectivity index (χ2n) is 7.95. The molecule has 0 aromatic heterocycles. The van der Waals surface area contributed by atoms with E-state index < -0.39 is 6.04 Å². The van der Waals surface area contributed by atoms with Crippen LogP contribution in [0.25, 0.3) is 0 Å². The average molecular weight is 476 g/mol. The first-order valence-electron chi connectivity index (χ1n) is 10.5. The second-order valence-corrected chi connectivity index (χ2v) is 8.82. The maximum absolute atomic E-state index is 13.2. The number of para-hydroxylation sites is 1. The highest BCUT2D eigenvalue weighted by Crippen LogP contribution is 2.26. The quantitative estimate of drug-likeness (QED) is 0.738. The molecule has 1 N–H and O–H groups in total. The first kappa shape index (κ1) is 22.4. The highest BCUT2D eigenvalue weighted by atomic mass is 35.5. The Hall–Kier alpha value is -2.77. The van der Waals surface area contributed by atoms with Gasteiger partial charge in [-0.1, -0.05) is 35.3 Å². The minimum absolute atomic E-state index is 0.0581. The molecule has 7 nitrogen and oxygen atoms in total. The molecule has 2 aromatic carbocycles. The molecule has 9 heteroatoms. The monoisotopic (exact) mass is 475 g/mol. The lowest BCUT2D eigenvalue weighted by atomic mass is 10.1. The Labute approximate surface area is 196 Å². The molecule has 2 heterocycles. The van der Waals surface area contributed by atoms with Gasteiger partial charge < -0.3 is 19.8 Å². The minimum Gasteiger partial charge on any atom is -0.507 e. The van der Waals surface area contributed by atoms with Gasteiger partial charge >= 0.3 is 0 Å². The van der Waals surface area contributed by atoms with Crippen LogP contribution in [0.3, 0.4) is 0 Å². The average Bonchev–Trinajstić information content (AvgIpc) is 3.27. The third kappa shape index (κ3) is 4.54. The molecule has 1 unspecified atom stereocenters. The van der Waals surface area contributed by atoms with Crippen LogP contribution in [-0.4, -0.2) is 76.3 Å². The maximum atomic E-state index is 13.2. The third-order valence-electron chi connectivity index (χ3n) is 5.92. The van der Waals surface area contributed by atoms with Crippen LogP contribution in [0.15, 0.2) is 42.5 Å². The Kier molecular flexibility index (Phi) is 6.58. The number of phenolic OH excluding ortho intramolecular Hbond substituents is 1. The van der Waals surface area contributed by atoms with Gasteiger partial charge in [-0.05, 0) is 43.2 Å². The van der Waals surface area contributed by atoms with Gasteiger partial charge in [-0.15, -0.1) is 0 Å². The summed E-state index contributed by atoms with van der Waals surface area (Å²) in [5, 5.41) is 10.7. The first-order chi connectivity index (χ1) is 15.3. The summed E-state index contributed by atoms with van der Waals surface area (Å²) in [4.78, 5) is 43.9. The van der Waals surface area contributed by atoms with Crippen molar-refractivity contribution >= 4 is 40.9 Å². The number of rotatable bonds is 3. The molecule has 1 atom stereocenters. The number of hydrogen-bond donors (Lipinski definition) is 1. The molecule has 4 rings (SSSR count). The number of hydrogen-bond acceptors (Lipinski definition) is 4. The normalized spacial score (nSPS) is 18.7. The van der Waals surface area contributed by atoms with E-state index in [9.17, 15) is 19.5 Å². The van der Waals surface area contributed by atoms with Crippen molar-refractivity contribution < 1.29 is 19.5 Å². The fourth-order valence-electron chi connectivity index (χ4n) is 4.28. The van der Waals surface area contributed by atoms with E-state index in [1.165, 1.54) is 6.07 Å². The Morgan fingerprint density at radius 2 is 1.47 bits per heavy atom. The molecule has 2 aliphatic heterocycles. The topological polar surface area (TPSA) is 81.2 Å². The number of carbonyl (C=O) groups is 3. The summed E-state index contributed by atoms with van der Waals surface area (Å²) in [5.41, 5.74) is 0.611. The predicted molar refractivity (Wildman–Crippen MR) is 121 cm³/mol. The van der Waals surface area contributed by atoms with Crippen LogP contribution < -0.4 is 0 Å². The van der Waals surface area contributed by atoms with Crippen LogP contribution in [0.4, 0.5) is 0 Å². The third-order valence-corrected chi connectivity index (χ3v) is 6.36.